The van der Waals surface area contributed by atoms with E-state index in [0.29, 0.717) is 21.3 Å². The number of rotatable bonds is 8. The lowest BCUT2D eigenvalue weighted by molar-refractivity contribution is -0.390. The van der Waals surface area contributed by atoms with E-state index in [9.17, 15) is 14.5 Å². The highest BCUT2D eigenvalue weighted by Gasteiger charge is 2.26. The van der Waals surface area contributed by atoms with Gasteiger partial charge in [0.15, 0.2) is 6.20 Å². The fraction of sp³-hybridized carbons (Fsp3) is 0.292. The number of hydrogen-bond donors (Lipinski definition) is 0. The lowest BCUT2D eigenvalue weighted by atomic mass is 9.99. The van der Waals surface area contributed by atoms with Crippen molar-refractivity contribution in [3.05, 3.63) is 71.9 Å². The molecule has 0 saturated heterocycles. The fourth-order valence-electron chi connectivity index (χ4n) is 4.14. The second-order valence-electron chi connectivity index (χ2n) is 8.38. The molecule has 4 aromatic rings. The maximum Gasteiger partial charge on any atom is 0.406 e. The van der Waals surface area contributed by atoms with Crippen LogP contribution in [0, 0.1) is 19.5 Å². The first-order chi connectivity index (χ1) is 17.5. The van der Waals surface area contributed by atoms with Gasteiger partial charge < -0.3 is 19.8 Å². The highest BCUT2D eigenvalue weighted by molar-refractivity contribution is 14.1. The first-order valence-electron chi connectivity index (χ1n) is 11.3. The number of ether oxygens (including phenoxy) is 1. The molecule has 10 nitrogen and oxygen atoms in total. The fourth-order valence-corrected chi connectivity index (χ4v) is 5.65. The van der Waals surface area contributed by atoms with Crippen LogP contribution in [0.15, 0.2) is 41.1 Å². The summed E-state index contributed by atoms with van der Waals surface area (Å²) in [5.41, 5.74) is 3.49. The summed E-state index contributed by atoms with van der Waals surface area (Å²) in [6.07, 6.45) is 3.24. The number of aromatic nitrogens is 5. The second-order valence-corrected chi connectivity index (χ2v) is 10.4. The molecule has 0 N–H and O–H groups in total. The number of nitro groups is 1. The van der Waals surface area contributed by atoms with Gasteiger partial charge >= 0.3 is 5.82 Å². The summed E-state index contributed by atoms with van der Waals surface area (Å²) in [5.74, 6) is -0.0214. The van der Waals surface area contributed by atoms with Crippen molar-refractivity contribution in [1.29, 1.82) is 0 Å². The average molecular weight is 684 g/mol. The Morgan fingerprint density at radius 3 is 2.68 bits per heavy atom. The topological polar surface area (TPSA) is 104 Å². The molecule has 0 aliphatic heterocycles. The van der Waals surface area contributed by atoms with Gasteiger partial charge in [-0.15, -0.1) is 0 Å². The van der Waals surface area contributed by atoms with Gasteiger partial charge in [-0.3, -0.25) is 9.36 Å². The Kier molecular flexibility index (Phi) is 7.83. The summed E-state index contributed by atoms with van der Waals surface area (Å²) >= 11 is 5.57. The van der Waals surface area contributed by atoms with Crippen LogP contribution in [0.1, 0.15) is 31.2 Å². The molecule has 0 bridgehead atoms. The van der Waals surface area contributed by atoms with Crippen LogP contribution in [-0.4, -0.2) is 36.5 Å². The number of aryl methyl sites for hydroxylation is 3. The van der Waals surface area contributed by atoms with Gasteiger partial charge in [-0.1, -0.05) is 6.92 Å². The molecule has 0 saturated carbocycles. The van der Waals surface area contributed by atoms with Crippen LogP contribution >= 0.6 is 38.5 Å². The predicted molar refractivity (Wildman–Crippen MR) is 150 cm³/mol. The van der Waals surface area contributed by atoms with Crippen molar-refractivity contribution in [3.8, 4) is 17.0 Å². The summed E-state index contributed by atoms with van der Waals surface area (Å²) in [4.78, 5) is 16.7. The van der Waals surface area contributed by atoms with Crippen LogP contribution in [0.5, 0.6) is 5.75 Å². The molecule has 3 heterocycles. The third kappa shape index (κ3) is 5.32. The Bertz CT molecular complexity index is 1490. The van der Waals surface area contributed by atoms with Crippen LogP contribution in [0.3, 0.4) is 0 Å². The maximum absolute atomic E-state index is 14.5. The predicted octanol–water partition coefficient (Wildman–Crippen LogP) is 6.10. The third-order valence-corrected chi connectivity index (χ3v) is 7.37. The molecule has 0 spiro atoms. The molecule has 0 aliphatic carbocycles. The van der Waals surface area contributed by atoms with E-state index in [0.717, 1.165) is 27.2 Å². The summed E-state index contributed by atoms with van der Waals surface area (Å²) in [7, 11) is 5.63. The van der Waals surface area contributed by atoms with Gasteiger partial charge in [-0.05, 0) is 80.0 Å². The van der Waals surface area contributed by atoms with Gasteiger partial charge in [0.05, 0.1) is 19.4 Å². The summed E-state index contributed by atoms with van der Waals surface area (Å²) in [6, 6.07) is 5.83. The van der Waals surface area contributed by atoms with Crippen molar-refractivity contribution in [2.75, 3.05) is 11.9 Å². The van der Waals surface area contributed by atoms with Crippen molar-refractivity contribution in [3.63, 3.8) is 0 Å². The van der Waals surface area contributed by atoms with Gasteiger partial charge in [0, 0.05) is 44.5 Å². The standard InChI is InChI=1S/C24H24BrFIN7O3/c1-6-18-21(27)24(33(5)29-18)32(4)19-12-31(3)30-22(19)16-8-7-15(26)10-17(16)13(2)37-20-9-14(25)11-28-23(20)34(35)36/h7-13H,6H2,1-5H3/t13-/m1/s1. The van der Waals surface area contributed by atoms with E-state index < -0.39 is 22.7 Å². The number of halogens is 3. The van der Waals surface area contributed by atoms with Crippen molar-refractivity contribution in [2.45, 2.75) is 26.4 Å². The molecule has 1 atom stereocenters. The number of pyridine rings is 1. The lowest BCUT2D eigenvalue weighted by Gasteiger charge is -2.22. The van der Waals surface area contributed by atoms with Gasteiger partial charge in [0.1, 0.15) is 23.4 Å². The highest BCUT2D eigenvalue weighted by atomic mass is 127. The normalized spacial score (nSPS) is 12.0. The van der Waals surface area contributed by atoms with Crippen molar-refractivity contribution >= 4 is 55.8 Å². The lowest BCUT2D eigenvalue weighted by Crippen LogP contribution is -2.15. The van der Waals surface area contributed by atoms with Crippen LogP contribution in [0.4, 0.5) is 21.7 Å². The molecule has 4 rings (SSSR count). The molecule has 194 valence electrons. The number of hydrogen-bond acceptors (Lipinski definition) is 7. The summed E-state index contributed by atoms with van der Waals surface area (Å²) in [5, 5.41) is 20.8. The maximum atomic E-state index is 14.5. The molecule has 13 heteroatoms. The minimum atomic E-state index is -0.760. The zero-order valence-corrected chi connectivity index (χ0v) is 24.5. The monoisotopic (exact) mass is 683 g/mol. The molecule has 3 aromatic heterocycles. The Balaban J connectivity index is 1.81. The van der Waals surface area contributed by atoms with Crippen LogP contribution in [0.2, 0.25) is 0 Å². The number of benzene rings is 1. The first kappa shape index (κ1) is 27.0. The SMILES string of the molecule is CCc1nn(C)c(N(C)c2cn(C)nc2-c2ccc(F)cc2[C@@H](C)Oc2cc(Br)cnc2[N+](=O)[O-])c1I. The smallest absolute Gasteiger partial charge is 0.406 e. The molecule has 0 unspecified atom stereocenters. The van der Waals surface area contributed by atoms with Crippen molar-refractivity contribution in [1.82, 2.24) is 24.5 Å². The molecule has 0 amide bonds. The van der Waals surface area contributed by atoms with Crippen molar-refractivity contribution < 1.29 is 14.1 Å². The molecule has 1 aromatic carbocycles. The van der Waals surface area contributed by atoms with Gasteiger partial charge in [0.25, 0.3) is 0 Å². The van der Waals surface area contributed by atoms with E-state index in [1.807, 2.05) is 36.9 Å². The Hall–Kier alpha value is -3.07. The molecule has 0 radical (unpaired) electrons. The first-order valence-corrected chi connectivity index (χ1v) is 13.1. The largest absolute Gasteiger partial charge is 0.478 e. The minimum absolute atomic E-state index is 0.0306. The van der Waals surface area contributed by atoms with E-state index in [1.54, 1.807) is 17.7 Å². The molecule has 0 aliphatic rings. The third-order valence-electron chi connectivity index (χ3n) is 5.83. The van der Waals surface area contributed by atoms with E-state index >= 15 is 0 Å². The van der Waals surface area contributed by atoms with Gasteiger partial charge in [-0.25, -0.2) is 4.39 Å². The quantitative estimate of drug-likeness (QED) is 0.126. The highest BCUT2D eigenvalue weighted by Crippen LogP contribution is 2.40. The molecule has 37 heavy (non-hydrogen) atoms. The number of anilines is 2. The number of nitrogens with zero attached hydrogens (tertiary/aromatic N) is 7. The van der Waals surface area contributed by atoms with E-state index in [4.69, 9.17) is 9.84 Å². The van der Waals surface area contributed by atoms with Crippen LogP contribution in [-0.2, 0) is 20.5 Å². The molecular weight excluding hydrogens is 660 g/mol. The van der Waals surface area contributed by atoms with E-state index in [-0.39, 0.29) is 5.75 Å². The van der Waals surface area contributed by atoms with Crippen molar-refractivity contribution in [2.24, 2.45) is 14.1 Å². The average Bonchev–Trinajstić information content (AvgIpc) is 3.36. The zero-order valence-electron chi connectivity index (χ0n) is 20.7. The Labute approximate surface area is 234 Å². The second kappa shape index (κ2) is 10.7. The van der Waals surface area contributed by atoms with E-state index in [2.05, 4.69) is 55.5 Å². The summed E-state index contributed by atoms with van der Waals surface area (Å²) in [6.45, 7) is 3.76. The zero-order chi connectivity index (χ0) is 27.0. The Morgan fingerprint density at radius 1 is 1.30 bits per heavy atom. The van der Waals surface area contributed by atoms with Crippen LogP contribution in [0.25, 0.3) is 11.3 Å². The minimum Gasteiger partial charge on any atom is -0.478 e. The summed E-state index contributed by atoms with van der Waals surface area (Å²) < 4.78 is 25.5. The molecule has 0 fully saturated rings. The van der Waals surface area contributed by atoms with Crippen LogP contribution < -0.4 is 9.64 Å². The Morgan fingerprint density at radius 2 is 2.03 bits per heavy atom. The molecular formula is C24H24BrFIN7O3. The van der Waals surface area contributed by atoms with Gasteiger partial charge in [-0.2, -0.15) is 10.2 Å². The van der Waals surface area contributed by atoms with E-state index in [1.165, 1.54) is 24.4 Å². The van der Waals surface area contributed by atoms with Gasteiger partial charge in [0.2, 0.25) is 5.75 Å².